The molecule has 1 aromatic heterocycles. The Morgan fingerprint density at radius 1 is 0.882 bits per heavy atom. The molecule has 170 valence electrons. The summed E-state index contributed by atoms with van der Waals surface area (Å²) >= 11 is 0. The van der Waals surface area contributed by atoms with Gasteiger partial charge in [0.05, 0.1) is 17.8 Å². The lowest BCUT2D eigenvalue weighted by atomic mass is 9.91. The lowest BCUT2D eigenvalue weighted by Crippen LogP contribution is -2.19. The molecule has 0 unspecified atom stereocenters. The molecule has 3 aromatic carbocycles. The van der Waals surface area contributed by atoms with Crippen molar-refractivity contribution in [2.24, 2.45) is 0 Å². The maximum atomic E-state index is 13.7. The fourth-order valence-corrected chi connectivity index (χ4v) is 4.03. The largest absolute Gasteiger partial charge is 0.508 e. The Bertz CT molecular complexity index is 1420. The second kappa shape index (κ2) is 8.62. The number of phenolic OH excluding ortho intramolecular Hbond substituents is 1. The predicted octanol–water partition coefficient (Wildman–Crippen LogP) is 5.21. The highest BCUT2D eigenvalue weighted by molar-refractivity contribution is 5.95. The summed E-state index contributed by atoms with van der Waals surface area (Å²) in [7, 11) is 0. The number of phenols is 1. The number of aromatic nitrogens is 2. The Kier molecular flexibility index (Phi) is 5.49. The Morgan fingerprint density at radius 2 is 1.68 bits per heavy atom. The highest BCUT2D eigenvalue weighted by Crippen LogP contribution is 2.36. The molecule has 0 bridgehead atoms. The molecule has 1 amide bonds. The zero-order chi connectivity index (χ0) is 23.8. The minimum Gasteiger partial charge on any atom is -0.508 e. The Balaban J connectivity index is 1.54. The van der Waals surface area contributed by atoms with Crippen LogP contribution in [0.3, 0.4) is 0 Å². The molecule has 1 aliphatic rings. The number of fused-ring (bicyclic) bond motifs is 3. The van der Waals surface area contributed by atoms with E-state index >= 15 is 0 Å². The summed E-state index contributed by atoms with van der Waals surface area (Å²) in [5.74, 6) is -2.53. The molecule has 1 aliphatic carbocycles. The van der Waals surface area contributed by atoms with E-state index in [0.717, 1.165) is 23.3 Å². The van der Waals surface area contributed by atoms with Crippen molar-refractivity contribution in [3.05, 3.63) is 94.9 Å². The topological polar surface area (TPSA) is 75.1 Å². The van der Waals surface area contributed by atoms with E-state index in [2.05, 4.69) is 10.3 Å². The Hall–Kier alpha value is -4.20. The van der Waals surface area contributed by atoms with Gasteiger partial charge in [-0.25, -0.2) is 23.1 Å². The highest BCUT2D eigenvalue weighted by Gasteiger charge is 2.23. The lowest BCUT2D eigenvalue weighted by molar-refractivity contribution is -0.115. The van der Waals surface area contributed by atoms with Crippen LogP contribution in [0.2, 0.25) is 0 Å². The summed E-state index contributed by atoms with van der Waals surface area (Å²) in [6.07, 6.45) is 0.906. The first-order valence-electron chi connectivity index (χ1n) is 10.6. The number of aromatic hydroxyl groups is 1. The highest BCUT2D eigenvalue weighted by atomic mass is 19.2. The van der Waals surface area contributed by atoms with Gasteiger partial charge < -0.3 is 10.4 Å². The van der Waals surface area contributed by atoms with Crippen LogP contribution in [-0.2, 0) is 24.1 Å². The summed E-state index contributed by atoms with van der Waals surface area (Å²) < 4.78 is 40.5. The number of aryl methyl sites for hydroxylation is 2. The van der Waals surface area contributed by atoms with Crippen LogP contribution in [-0.4, -0.2) is 21.0 Å². The van der Waals surface area contributed by atoms with Crippen molar-refractivity contribution < 1.29 is 23.1 Å². The standard InChI is InChI=1S/C26H18F3N3O2/c27-17-5-8-19-16(13-17)4-10-22-25(19)32-24(15-2-6-18(33)7-3-15)26(30-22)31-23(34)12-14-1-9-20(28)21(29)11-14/h1-3,5-9,11,13,33H,4,10,12H2,(H,30,31,34). The van der Waals surface area contributed by atoms with Crippen LogP contribution >= 0.6 is 0 Å². The first-order valence-corrected chi connectivity index (χ1v) is 10.6. The van der Waals surface area contributed by atoms with Crippen LogP contribution in [0.4, 0.5) is 19.0 Å². The fraction of sp³-hybridized carbons (Fsp3) is 0.115. The Labute approximate surface area is 192 Å². The summed E-state index contributed by atoms with van der Waals surface area (Å²) in [5.41, 5.74) is 4.14. The number of carbonyl (C=O) groups excluding carboxylic acids is 1. The van der Waals surface area contributed by atoms with Gasteiger partial charge in [0.2, 0.25) is 5.91 Å². The van der Waals surface area contributed by atoms with Crippen LogP contribution < -0.4 is 5.32 Å². The molecule has 2 N–H and O–H groups in total. The molecule has 5 rings (SSSR count). The third-order valence-corrected chi connectivity index (χ3v) is 5.67. The lowest BCUT2D eigenvalue weighted by Gasteiger charge is -2.21. The van der Waals surface area contributed by atoms with Gasteiger partial charge in [-0.3, -0.25) is 4.79 Å². The van der Waals surface area contributed by atoms with E-state index in [0.29, 0.717) is 41.1 Å². The van der Waals surface area contributed by atoms with Gasteiger partial charge in [-0.15, -0.1) is 0 Å². The second-order valence-corrected chi connectivity index (χ2v) is 8.04. The molecule has 0 atom stereocenters. The van der Waals surface area contributed by atoms with E-state index in [1.165, 1.54) is 30.3 Å². The van der Waals surface area contributed by atoms with Gasteiger partial charge in [0.1, 0.15) is 17.3 Å². The fourth-order valence-electron chi connectivity index (χ4n) is 4.03. The van der Waals surface area contributed by atoms with E-state index in [4.69, 9.17) is 4.98 Å². The van der Waals surface area contributed by atoms with Crippen molar-refractivity contribution in [2.45, 2.75) is 19.3 Å². The van der Waals surface area contributed by atoms with Gasteiger partial charge in [-0.1, -0.05) is 6.07 Å². The number of nitrogens with zero attached hydrogens (tertiary/aromatic N) is 2. The maximum absolute atomic E-state index is 13.7. The molecule has 8 heteroatoms. The molecule has 0 radical (unpaired) electrons. The number of hydrogen-bond donors (Lipinski definition) is 2. The van der Waals surface area contributed by atoms with Gasteiger partial charge in [0.25, 0.3) is 0 Å². The molecule has 34 heavy (non-hydrogen) atoms. The van der Waals surface area contributed by atoms with Crippen molar-refractivity contribution in [3.8, 4) is 28.3 Å². The minimum absolute atomic E-state index is 0.0689. The number of hydrogen-bond acceptors (Lipinski definition) is 4. The smallest absolute Gasteiger partial charge is 0.230 e. The van der Waals surface area contributed by atoms with E-state index in [1.54, 1.807) is 18.2 Å². The zero-order valence-electron chi connectivity index (χ0n) is 17.8. The zero-order valence-corrected chi connectivity index (χ0v) is 17.8. The SMILES string of the molecule is O=C(Cc1ccc(F)c(F)c1)Nc1nc2c(nc1-c1ccc(O)cc1)-c1ccc(F)cc1CC2. The van der Waals surface area contributed by atoms with Crippen LogP contribution in [0.15, 0.2) is 60.7 Å². The van der Waals surface area contributed by atoms with Crippen LogP contribution in [0, 0.1) is 17.5 Å². The number of rotatable bonds is 4. The van der Waals surface area contributed by atoms with Gasteiger partial charge in [0.15, 0.2) is 17.5 Å². The summed E-state index contributed by atoms with van der Waals surface area (Å²) in [4.78, 5) is 22.2. The van der Waals surface area contributed by atoms with Crippen LogP contribution in [0.25, 0.3) is 22.5 Å². The molecule has 0 fully saturated rings. The summed E-state index contributed by atoms with van der Waals surface area (Å²) in [6.45, 7) is 0. The average molecular weight is 461 g/mol. The first-order chi connectivity index (χ1) is 16.4. The number of carbonyl (C=O) groups is 1. The van der Waals surface area contributed by atoms with E-state index in [9.17, 15) is 23.1 Å². The Morgan fingerprint density at radius 3 is 2.44 bits per heavy atom. The number of amides is 1. The molecule has 5 nitrogen and oxygen atoms in total. The summed E-state index contributed by atoms with van der Waals surface area (Å²) in [6, 6.07) is 14.1. The summed E-state index contributed by atoms with van der Waals surface area (Å²) in [5, 5.41) is 12.4. The van der Waals surface area contributed by atoms with Gasteiger partial charge in [0, 0.05) is 11.1 Å². The van der Waals surface area contributed by atoms with Crippen molar-refractivity contribution in [1.29, 1.82) is 0 Å². The first kappa shape index (κ1) is 21.6. The van der Waals surface area contributed by atoms with Crippen molar-refractivity contribution in [2.75, 3.05) is 5.32 Å². The molecular formula is C26H18F3N3O2. The van der Waals surface area contributed by atoms with Crippen LogP contribution in [0.1, 0.15) is 16.8 Å². The van der Waals surface area contributed by atoms with Gasteiger partial charge in [-0.2, -0.15) is 0 Å². The maximum Gasteiger partial charge on any atom is 0.230 e. The molecule has 0 saturated carbocycles. The number of halogens is 3. The predicted molar refractivity (Wildman–Crippen MR) is 121 cm³/mol. The van der Waals surface area contributed by atoms with Gasteiger partial charge >= 0.3 is 0 Å². The van der Waals surface area contributed by atoms with Crippen molar-refractivity contribution >= 4 is 11.7 Å². The van der Waals surface area contributed by atoms with E-state index in [1.807, 2.05) is 0 Å². The molecule has 4 aromatic rings. The quantitative estimate of drug-likeness (QED) is 0.437. The molecule has 0 aliphatic heterocycles. The monoisotopic (exact) mass is 461 g/mol. The number of anilines is 1. The van der Waals surface area contributed by atoms with E-state index < -0.39 is 17.5 Å². The third-order valence-electron chi connectivity index (χ3n) is 5.67. The molecular weight excluding hydrogens is 443 g/mol. The van der Waals surface area contributed by atoms with E-state index in [-0.39, 0.29) is 23.8 Å². The second-order valence-electron chi connectivity index (χ2n) is 8.04. The molecule has 0 saturated heterocycles. The number of nitrogens with one attached hydrogen (secondary N) is 1. The van der Waals surface area contributed by atoms with Gasteiger partial charge in [-0.05, 0) is 78.6 Å². The molecule has 0 spiro atoms. The number of benzene rings is 3. The van der Waals surface area contributed by atoms with Crippen LogP contribution in [0.5, 0.6) is 5.75 Å². The minimum atomic E-state index is -1.03. The normalized spacial score (nSPS) is 12.1. The molecule has 1 heterocycles. The van der Waals surface area contributed by atoms with Crippen molar-refractivity contribution in [1.82, 2.24) is 9.97 Å². The van der Waals surface area contributed by atoms with Crippen molar-refractivity contribution in [3.63, 3.8) is 0 Å². The third kappa shape index (κ3) is 4.22. The average Bonchev–Trinajstić information content (AvgIpc) is 2.81.